The summed E-state index contributed by atoms with van der Waals surface area (Å²) >= 11 is 0. The fourth-order valence-electron chi connectivity index (χ4n) is 10.9. The predicted molar refractivity (Wildman–Crippen MR) is 330 cm³/mol. The Labute approximate surface area is 476 Å². The molecule has 452 valence electrons. The Morgan fingerprint density at radius 3 is 0.684 bits per heavy atom. The SMILES string of the molecule is CCCCCCCCCCCCCCCCCCCCC(=O)O[C@@H](COC(=O)CCCCCCCCCCCCCCCCCCCCC(C)CC)COC(=O)CCCCCCCCCCCCCCCCC(C)CC. The summed E-state index contributed by atoms with van der Waals surface area (Å²) in [5.41, 5.74) is 0. The van der Waals surface area contributed by atoms with Crippen molar-refractivity contribution in [1.82, 2.24) is 0 Å². The smallest absolute Gasteiger partial charge is 0.306 e. The highest BCUT2D eigenvalue weighted by Crippen LogP contribution is 2.20. The van der Waals surface area contributed by atoms with Crippen LogP contribution < -0.4 is 0 Å². The standard InChI is InChI=1S/C70H136O6/c1-6-9-10-11-12-13-14-15-16-17-21-25-32-37-42-47-52-57-62-70(73)76-67(64-75-69(72)61-56-51-46-41-36-31-27-26-29-34-39-44-49-54-59-66(5)8-3)63-74-68(71)60-55-50-45-40-35-30-24-22-19-18-20-23-28-33-38-43-48-53-58-65(4)7-2/h65-67H,6-64H2,1-5H3/t65?,66?,67-/m0/s1. The molecule has 76 heavy (non-hydrogen) atoms. The number of rotatable bonds is 64. The summed E-state index contributed by atoms with van der Waals surface area (Å²) in [7, 11) is 0. The van der Waals surface area contributed by atoms with Gasteiger partial charge < -0.3 is 14.2 Å². The third-order valence-corrected chi connectivity index (χ3v) is 16.9. The molecule has 0 aliphatic rings. The zero-order chi connectivity index (χ0) is 55.3. The molecule has 0 aromatic rings. The molecule has 0 aromatic carbocycles. The maximum absolute atomic E-state index is 12.9. The highest BCUT2D eigenvalue weighted by Gasteiger charge is 2.20. The first kappa shape index (κ1) is 74.4. The third kappa shape index (κ3) is 60.1. The number of hydrogen-bond donors (Lipinski definition) is 0. The van der Waals surface area contributed by atoms with E-state index < -0.39 is 6.10 Å². The molecule has 0 spiro atoms. The summed E-state index contributed by atoms with van der Waals surface area (Å²) in [4.78, 5) is 38.4. The van der Waals surface area contributed by atoms with Crippen molar-refractivity contribution in [2.45, 2.75) is 407 Å². The second-order valence-electron chi connectivity index (χ2n) is 24.7. The molecule has 0 heterocycles. The minimum atomic E-state index is -0.764. The van der Waals surface area contributed by atoms with Crippen LogP contribution in [0.2, 0.25) is 0 Å². The van der Waals surface area contributed by atoms with E-state index in [9.17, 15) is 14.4 Å². The van der Waals surface area contributed by atoms with Crippen LogP contribution in [-0.4, -0.2) is 37.2 Å². The van der Waals surface area contributed by atoms with Crippen molar-refractivity contribution in [1.29, 1.82) is 0 Å². The molecule has 3 atom stereocenters. The van der Waals surface area contributed by atoms with E-state index in [2.05, 4.69) is 34.6 Å². The molecule has 0 aliphatic heterocycles. The van der Waals surface area contributed by atoms with Crippen molar-refractivity contribution in [3.63, 3.8) is 0 Å². The van der Waals surface area contributed by atoms with E-state index in [0.29, 0.717) is 19.3 Å². The topological polar surface area (TPSA) is 78.9 Å². The molecular formula is C70H136O6. The van der Waals surface area contributed by atoms with Gasteiger partial charge in [-0.05, 0) is 31.1 Å². The van der Waals surface area contributed by atoms with Crippen LogP contribution in [0.15, 0.2) is 0 Å². The molecule has 2 unspecified atom stereocenters. The van der Waals surface area contributed by atoms with Gasteiger partial charge in [-0.3, -0.25) is 14.4 Å². The average molecular weight is 1070 g/mol. The number of carbonyl (C=O) groups is 3. The lowest BCUT2D eigenvalue weighted by Gasteiger charge is -2.18. The van der Waals surface area contributed by atoms with Crippen molar-refractivity contribution >= 4 is 17.9 Å². The van der Waals surface area contributed by atoms with E-state index in [1.165, 1.54) is 289 Å². The maximum atomic E-state index is 12.9. The van der Waals surface area contributed by atoms with Crippen molar-refractivity contribution in [2.75, 3.05) is 13.2 Å². The zero-order valence-electron chi connectivity index (χ0n) is 52.4. The Balaban J connectivity index is 4.27. The quantitative estimate of drug-likeness (QED) is 0.0343. The van der Waals surface area contributed by atoms with Gasteiger partial charge in [-0.15, -0.1) is 0 Å². The summed E-state index contributed by atoms with van der Waals surface area (Å²) in [5, 5.41) is 0. The Morgan fingerprint density at radius 1 is 0.263 bits per heavy atom. The van der Waals surface area contributed by atoms with Gasteiger partial charge in [0.2, 0.25) is 0 Å². The summed E-state index contributed by atoms with van der Waals surface area (Å²) in [6.07, 6.45) is 71.0. The van der Waals surface area contributed by atoms with Gasteiger partial charge in [-0.2, -0.15) is 0 Å². The largest absolute Gasteiger partial charge is 0.462 e. The van der Waals surface area contributed by atoms with E-state index in [1.807, 2.05) is 0 Å². The van der Waals surface area contributed by atoms with Crippen LogP contribution in [0.4, 0.5) is 0 Å². The lowest BCUT2D eigenvalue weighted by atomic mass is 9.99. The van der Waals surface area contributed by atoms with Gasteiger partial charge in [0.1, 0.15) is 13.2 Å². The molecule has 0 saturated heterocycles. The Kier molecular flexibility index (Phi) is 61.3. The Morgan fingerprint density at radius 2 is 0.461 bits per heavy atom. The first-order valence-corrected chi connectivity index (χ1v) is 34.8. The first-order valence-electron chi connectivity index (χ1n) is 34.8. The molecule has 0 bridgehead atoms. The molecule has 0 amide bonds. The number of unbranched alkanes of at least 4 members (excludes halogenated alkanes) is 47. The van der Waals surface area contributed by atoms with Gasteiger partial charge in [0, 0.05) is 19.3 Å². The lowest BCUT2D eigenvalue weighted by Crippen LogP contribution is -2.30. The van der Waals surface area contributed by atoms with Crippen LogP contribution in [0, 0.1) is 11.8 Å². The molecule has 0 N–H and O–H groups in total. The normalized spacial score (nSPS) is 12.8. The van der Waals surface area contributed by atoms with Gasteiger partial charge in [-0.25, -0.2) is 0 Å². The maximum Gasteiger partial charge on any atom is 0.306 e. The molecule has 0 fully saturated rings. The van der Waals surface area contributed by atoms with Crippen molar-refractivity contribution in [2.24, 2.45) is 11.8 Å². The van der Waals surface area contributed by atoms with Crippen molar-refractivity contribution in [3.05, 3.63) is 0 Å². The number of carbonyl (C=O) groups excluding carboxylic acids is 3. The molecule has 6 heteroatoms. The molecule has 0 aromatic heterocycles. The van der Waals surface area contributed by atoms with E-state index in [0.717, 1.165) is 69.6 Å². The summed E-state index contributed by atoms with van der Waals surface area (Å²) < 4.78 is 17.0. The van der Waals surface area contributed by atoms with Gasteiger partial charge in [-0.1, -0.05) is 362 Å². The van der Waals surface area contributed by atoms with E-state index in [4.69, 9.17) is 14.2 Å². The van der Waals surface area contributed by atoms with E-state index in [-0.39, 0.29) is 31.1 Å². The second kappa shape index (κ2) is 62.6. The molecular weight excluding hydrogens is 937 g/mol. The summed E-state index contributed by atoms with van der Waals surface area (Å²) in [6.45, 7) is 11.5. The van der Waals surface area contributed by atoms with Crippen LogP contribution in [0.3, 0.4) is 0 Å². The van der Waals surface area contributed by atoms with Crippen LogP contribution in [-0.2, 0) is 28.6 Å². The number of esters is 3. The van der Waals surface area contributed by atoms with Crippen molar-refractivity contribution < 1.29 is 28.6 Å². The highest BCUT2D eigenvalue weighted by molar-refractivity contribution is 5.71. The zero-order valence-corrected chi connectivity index (χ0v) is 52.4. The molecule has 0 radical (unpaired) electrons. The van der Waals surface area contributed by atoms with Gasteiger partial charge in [0.05, 0.1) is 0 Å². The van der Waals surface area contributed by atoms with Crippen molar-refractivity contribution in [3.8, 4) is 0 Å². The van der Waals surface area contributed by atoms with Crippen LogP contribution in [0.25, 0.3) is 0 Å². The van der Waals surface area contributed by atoms with E-state index in [1.54, 1.807) is 0 Å². The second-order valence-corrected chi connectivity index (χ2v) is 24.7. The minimum Gasteiger partial charge on any atom is -0.462 e. The molecule has 0 aliphatic carbocycles. The monoisotopic (exact) mass is 1070 g/mol. The fourth-order valence-corrected chi connectivity index (χ4v) is 10.9. The van der Waals surface area contributed by atoms with Crippen LogP contribution in [0.5, 0.6) is 0 Å². The van der Waals surface area contributed by atoms with Gasteiger partial charge in [0.15, 0.2) is 6.10 Å². The van der Waals surface area contributed by atoms with E-state index >= 15 is 0 Å². The molecule has 0 saturated carbocycles. The summed E-state index contributed by atoms with van der Waals surface area (Å²) in [5.74, 6) is 0.981. The lowest BCUT2D eigenvalue weighted by molar-refractivity contribution is -0.167. The van der Waals surface area contributed by atoms with Crippen LogP contribution >= 0.6 is 0 Å². The minimum absolute atomic E-state index is 0.0613. The number of ether oxygens (including phenoxy) is 3. The first-order chi connectivity index (χ1) is 37.3. The highest BCUT2D eigenvalue weighted by atomic mass is 16.6. The molecule has 0 rings (SSSR count). The Bertz CT molecular complexity index is 1170. The van der Waals surface area contributed by atoms with Gasteiger partial charge >= 0.3 is 17.9 Å². The molecule has 6 nitrogen and oxygen atoms in total. The third-order valence-electron chi connectivity index (χ3n) is 16.9. The van der Waals surface area contributed by atoms with Crippen LogP contribution in [0.1, 0.15) is 401 Å². The summed E-state index contributed by atoms with van der Waals surface area (Å²) in [6, 6.07) is 0. The number of hydrogen-bond acceptors (Lipinski definition) is 6. The average Bonchev–Trinajstić information content (AvgIpc) is 3.42. The predicted octanol–water partition coefficient (Wildman–Crippen LogP) is 23.6. The Hall–Kier alpha value is -1.59. The fraction of sp³-hybridized carbons (Fsp3) is 0.957. The van der Waals surface area contributed by atoms with Gasteiger partial charge in [0.25, 0.3) is 0 Å².